The minimum absolute atomic E-state index is 0.00694. The summed E-state index contributed by atoms with van der Waals surface area (Å²) in [6, 6.07) is 10.0. The summed E-state index contributed by atoms with van der Waals surface area (Å²) in [5.41, 5.74) is 0.293. The molecule has 4 rings (SSSR count). The zero-order valence-corrected chi connectivity index (χ0v) is 19.4. The molecule has 1 unspecified atom stereocenters. The Kier molecular flexibility index (Phi) is 7.09. The number of methoxy groups -OCH3 is 2. The monoisotopic (exact) mass is 492 g/mol. The predicted octanol–water partition coefficient (Wildman–Crippen LogP) is 4.27. The molecule has 1 N–H and O–H groups in total. The van der Waals surface area contributed by atoms with E-state index in [0.717, 1.165) is 18.9 Å². The lowest BCUT2D eigenvalue weighted by atomic mass is 9.87. The third-order valence-corrected chi connectivity index (χ3v) is 6.48. The molecule has 2 aromatic rings. The molecule has 1 aliphatic heterocycles. The van der Waals surface area contributed by atoms with E-state index in [0.29, 0.717) is 42.5 Å². The van der Waals surface area contributed by atoms with Gasteiger partial charge in [-0.15, -0.1) is 13.2 Å². The summed E-state index contributed by atoms with van der Waals surface area (Å²) in [6.07, 6.45) is -2.43. The van der Waals surface area contributed by atoms with Gasteiger partial charge in [0.1, 0.15) is 5.75 Å². The highest BCUT2D eigenvalue weighted by Gasteiger charge is 2.42. The van der Waals surface area contributed by atoms with Crippen LogP contribution in [0, 0.1) is 11.8 Å². The average molecular weight is 492 g/mol. The Morgan fingerprint density at radius 3 is 2.34 bits per heavy atom. The van der Waals surface area contributed by atoms with E-state index in [4.69, 9.17) is 9.47 Å². The van der Waals surface area contributed by atoms with Crippen LogP contribution in [0.15, 0.2) is 42.5 Å². The molecule has 2 amide bonds. The summed E-state index contributed by atoms with van der Waals surface area (Å²) in [4.78, 5) is 27.9. The standard InChI is InChI=1S/C25H27F3N2O5/c1-33-21-10-9-16(13-22(21)34-2)24(32)30-12-11-19(18(14-30)15-7-8-15)29-23(31)17-5-3-4-6-20(17)35-25(26,27)28/h3-6,9-10,13,15,18-19H,7-8,11-12,14H2,1-2H3,(H,29,31)/t18?,19-/m1/s1. The van der Waals surface area contributed by atoms with Crippen molar-refractivity contribution in [1.29, 1.82) is 0 Å². The van der Waals surface area contributed by atoms with Crippen LogP contribution in [0.25, 0.3) is 0 Å². The second-order valence-corrected chi connectivity index (χ2v) is 8.73. The first-order valence-electron chi connectivity index (χ1n) is 11.4. The molecular weight excluding hydrogens is 465 g/mol. The molecule has 2 aromatic carbocycles. The van der Waals surface area contributed by atoms with Crippen LogP contribution in [-0.2, 0) is 0 Å². The van der Waals surface area contributed by atoms with Crippen LogP contribution in [-0.4, -0.2) is 56.4 Å². The van der Waals surface area contributed by atoms with Crippen LogP contribution < -0.4 is 19.5 Å². The molecular formula is C25H27F3N2O5. The highest BCUT2D eigenvalue weighted by molar-refractivity contribution is 5.97. The molecule has 0 bridgehead atoms. The van der Waals surface area contributed by atoms with E-state index in [9.17, 15) is 22.8 Å². The van der Waals surface area contributed by atoms with Gasteiger partial charge in [-0.05, 0) is 61.4 Å². The molecule has 2 aliphatic rings. The number of halogens is 3. The van der Waals surface area contributed by atoms with Crippen LogP contribution in [0.3, 0.4) is 0 Å². The minimum Gasteiger partial charge on any atom is -0.493 e. The Bertz CT molecular complexity index is 1090. The normalized spacial score (nSPS) is 20.2. The number of hydrogen-bond donors (Lipinski definition) is 1. The van der Waals surface area contributed by atoms with E-state index in [1.54, 1.807) is 23.1 Å². The Hall–Kier alpha value is -3.43. The first-order chi connectivity index (χ1) is 16.7. The molecule has 0 aromatic heterocycles. The lowest BCUT2D eigenvalue weighted by Crippen LogP contribution is -2.53. The number of nitrogens with one attached hydrogen (secondary N) is 1. The number of para-hydroxylation sites is 1. The van der Waals surface area contributed by atoms with Crippen LogP contribution in [0.5, 0.6) is 17.2 Å². The van der Waals surface area contributed by atoms with Crippen LogP contribution in [0.2, 0.25) is 0 Å². The van der Waals surface area contributed by atoms with E-state index < -0.39 is 18.0 Å². The number of benzene rings is 2. The molecule has 0 radical (unpaired) electrons. The maximum Gasteiger partial charge on any atom is 0.573 e. The third kappa shape index (κ3) is 5.80. The van der Waals surface area contributed by atoms with Gasteiger partial charge in [-0.3, -0.25) is 9.59 Å². The maximum absolute atomic E-state index is 13.2. The fourth-order valence-electron chi connectivity index (χ4n) is 4.61. The summed E-state index contributed by atoms with van der Waals surface area (Å²) in [5.74, 6) is 0.0255. The minimum atomic E-state index is -4.90. The van der Waals surface area contributed by atoms with Crippen molar-refractivity contribution in [3.63, 3.8) is 0 Å². The van der Waals surface area contributed by atoms with Gasteiger partial charge in [-0.25, -0.2) is 0 Å². The molecule has 2 fully saturated rings. The smallest absolute Gasteiger partial charge is 0.493 e. The number of hydrogen-bond acceptors (Lipinski definition) is 5. The van der Waals surface area contributed by atoms with Gasteiger partial charge in [0, 0.05) is 24.7 Å². The molecule has 1 saturated heterocycles. The van der Waals surface area contributed by atoms with Gasteiger partial charge in [0.2, 0.25) is 0 Å². The Balaban J connectivity index is 1.47. The highest BCUT2D eigenvalue weighted by atomic mass is 19.4. The molecule has 1 aliphatic carbocycles. The molecule has 1 saturated carbocycles. The van der Waals surface area contributed by atoms with Crippen molar-refractivity contribution in [2.45, 2.75) is 31.7 Å². The molecule has 188 valence electrons. The van der Waals surface area contributed by atoms with Gasteiger partial charge in [0.25, 0.3) is 11.8 Å². The number of likely N-dealkylation sites (tertiary alicyclic amines) is 1. The summed E-state index contributed by atoms with van der Waals surface area (Å²) < 4.78 is 52.9. The Labute approximate surface area is 201 Å². The number of nitrogens with zero attached hydrogens (tertiary/aromatic N) is 1. The SMILES string of the molecule is COc1ccc(C(=O)N2CC[C@@H](NC(=O)c3ccccc3OC(F)(F)F)C(C3CC3)C2)cc1OC. The predicted molar refractivity (Wildman–Crippen MR) is 121 cm³/mol. The van der Waals surface area contributed by atoms with Gasteiger partial charge in [0.15, 0.2) is 11.5 Å². The van der Waals surface area contributed by atoms with Crippen LogP contribution in [0.4, 0.5) is 13.2 Å². The van der Waals surface area contributed by atoms with E-state index in [2.05, 4.69) is 10.1 Å². The quantitative estimate of drug-likeness (QED) is 0.625. The van der Waals surface area contributed by atoms with E-state index in [-0.39, 0.29) is 23.4 Å². The summed E-state index contributed by atoms with van der Waals surface area (Å²) in [7, 11) is 3.02. The average Bonchev–Trinajstić information content (AvgIpc) is 3.68. The number of carbonyl (C=O) groups is 2. The molecule has 10 heteroatoms. The number of rotatable bonds is 7. The van der Waals surface area contributed by atoms with Crippen molar-refractivity contribution >= 4 is 11.8 Å². The lowest BCUT2D eigenvalue weighted by Gasteiger charge is -2.39. The van der Waals surface area contributed by atoms with Crippen molar-refractivity contribution in [3.05, 3.63) is 53.6 Å². The van der Waals surface area contributed by atoms with Crippen molar-refractivity contribution in [2.75, 3.05) is 27.3 Å². The number of carbonyl (C=O) groups excluding carboxylic acids is 2. The van der Waals surface area contributed by atoms with Gasteiger partial charge in [-0.2, -0.15) is 0 Å². The molecule has 2 atom stereocenters. The highest BCUT2D eigenvalue weighted by Crippen LogP contribution is 2.42. The molecule has 7 nitrogen and oxygen atoms in total. The van der Waals surface area contributed by atoms with E-state index in [1.165, 1.54) is 32.4 Å². The topological polar surface area (TPSA) is 77.1 Å². The second kappa shape index (κ2) is 10.1. The van der Waals surface area contributed by atoms with Crippen molar-refractivity contribution in [1.82, 2.24) is 10.2 Å². The summed E-state index contributed by atoms with van der Waals surface area (Å²) >= 11 is 0. The zero-order chi connectivity index (χ0) is 25.2. The summed E-state index contributed by atoms with van der Waals surface area (Å²) in [5, 5.41) is 2.90. The first-order valence-corrected chi connectivity index (χ1v) is 11.4. The molecule has 35 heavy (non-hydrogen) atoms. The van der Waals surface area contributed by atoms with E-state index >= 15 is 0 Å². The van der Waals surface area contributed by atoms with Gasteiger partial charge >= 0.3 is 6.36 Å². The Morgan fingerprint density at radius 1 is 0.971 bits per heavy atom. The molecule has 0 spiro atoms. The summed E-state index contributed by atoms with van der Waals surface area (Å²) in [6.45, 7) is 0.853. The number of ether oxygens (including phenoxy) is 3. The van der Waals surface area contributed by atoms with Gasteiger partial charge < -0.3 is 24.4 Å². The van der Waals surface area contributed by atoms with Crippen LogP contribution >= 0.6 is 0 Å². The number of amides is 2. The fourth-order valence-corrected chi connectivity index (χ4v) is 4.61. The first kappa shape index (κ1) is 24.7. The molecule has 1 heterocycles. The third-order valence-electron chi connectivity index (χ3n) is 6.48. The van der Waals surface area contributed by atoms with E-state index in [1.807, 2.05) is 0 Å². The Morgan fingerprint density at radius 2 is 1.69 bits per heavy atom. The second-order valence-electron chi connectivity index (χ2n) is 8.73. The maximum atomic E-state index is 13.2. The van der Waals surface area contributed by atoms with Gasteiger partial charge in [-0.1, -0.05) is 12.1 Å². The number of alkyl halides is 3. The largest absolute Gasteiger partial charge is 0.573 e. The fraction of sp³-hybridized carbons (Fsp3) is 0.440. The van der Waals surface area contributed by atoms with Crippen LogP contribution in [0.1, 0.15) is 40.0 Å². The van der Waals surface area contributed by atoms with Gasteiger partial charge in [0.05, 0.1) is 19.8 Å². The van der Waals surface area contributed by atoms with Crippen molar-refractivity contribution < 1.29 is 37.0 Å². The van der Waals surface area contributed by atoms with Crippen molar-refractivity contribution in [2.24, 2.45) is 11.8 Å². The van der Waals surface area contributed by atoms with Crippen molar-refractivity contribution in [3.8, 4) is 17.2 Å². The number of piperidine rings is 1. The zero-order valence-electron chi connectivity index (χ0n) is 19.4. The lowest BCUT2D eigenvalue weighted by molar-refractivity contribution is -0.274.